The normalized spacial score (nSPS) is 16.7. The van der Waals surface area contributed by atoms with E-state index in [1.165, 1.54) is 0 Å². The van der Waals surface area contributed by atoms with Crippen molar-refractivity contribution in [2.75, 3.05) is 7.05 Å². The molecule has 0 fully saturated rings. The summed E-state index contributed by atoms with van der Waals surface area (Å²) in [4.78, 5) is 0. The molecule has 0 bridgehead atoms. The fraction of sp³-hybridized carbons (Fsp3) is 0.857. The van der Waals surface area contributed by atoms with Crippen molar-refractivity contribution in [3.05, 3.63) is 0 Å². The summed E-state index contributed by atoms with van der Waals surface area (Å²) in [5.74, 6) is 0. The van der Waals surface area contributed by atoms with Gasteiger partial charge in [-0.15, -0.1) is 0 Å². The SMILES string of the molecule is CNC(F)C(=NS)C(C)(C)C. The van der Waals surface area contributed by atoms with Gasteiger partial charge in [0.1, 0.15) is 0 Å². The molecule has 0 aliphatic carbocycles. The maximum absolute atomic E-state index is 13.0. The van der Waals surface area contributed by atoms with Gasteiger partial charge in [0.25, 0.3) is 0 Å². The van der Waals surface area contributed by atoms with Crippen molar-refractivity contribution < 1.29 is 4.39 Å². The highest BCUT2D eigenvalue weighted by Gasteiger charge is 2.25. The van der Waals surface area contributed by atoms with E-state index in [4.69, 9.17) is 0 Å². The maximum atomic E-state index is 13.0. The van der Waals surface area contributed by atoms with E-state index in [-0.39, 0.29) is 5.41 Å². The van der Waals surface area contributed by atoms with Crippen molar-refractivity contribution in [1.29, 1.82) is 0 Å². The van der Waals surface area contributed by atoms with Gasteiger partial charge in [0, 0.05) is 5.41 Å². The van der Waals surface area contributed by atoms with Crippen LogP contribution in [0.4, 0.5) is 4.39 Å². The highest BCUT2D eigenvalue weighted by molar-refractivity contribution is 7.79. The fourth-order valence-corrected chi connectivity index (χ4v) is 1.12. The average Bonchev–Trinajstić information content (AvgIpc) is 1.86. The van der Waals surface area contributed by atoms with Crippen LogP contribution in [0.3, 0.4) is 0 Å². The Morgan fingerprint density at radius 2 is 2.00 bits per heavy atom. The van der Waals surface area contributed by atoms with E-state index >= 15 is 0 Å². The first-order valence-electron chi connectivity index (χ1n) is 3.47. The minimum Gasteiger partial charge on any atom is -0.286 e. The van der Waals surface area contributed by atoms with Crippen LogP contribution in [0.25, 0.3) is 0 Å². The number of halogens is 1. The Morgan fingerprint density at radius 1 is 1.55 bits per heavy atom. The van der Waals surface area contributed by atoms with Gasteiger partial charge in [-0.05, 0) is 19.9 Å². The van der Waals surface area contributed by atoms with Crippen LogP contribution in [0.15, 0.2) is 4.40 Å². The Labute approximate surface area is 72.8 Å². The molecule has 0 aliphatic rings. The number of hydrogen-bond donors (Lipinski definition) is 2. The Hall–Kier alpha value is -0.0900. The van der Waals surface area contributed by atoms with Crippen molar-refractivity contribution in [1.82, 2.24) is 5.32 Å². The lowest BCUT2D eigenvalue weighted by Crippen LogP contribution is -2.37. The summed E-state index contributed by atoms with van der Waals surface area (Å²) in [6, 6.07) is 0. The van der Waals surface area contributed by atoms with Gasteiger partial charge in [-0.1, -0.05) is 20.8 Å². The molecule has 1 unspecified atom stereocenters. The molecule has 11 heavy (non-hydrogen) atoms. The second-order valence-corrected chi connectivity index (χ2v) is 3.59. The van der Waals surface area contributed by atoms with E-state index in [0.717, 1.165) is 0 Å². The predicted molar refractivity (Wildman–Crippen MR) is 49.8 cm³/mol. The zero-order valence-corrected chi connectivity index (χ0v) is 8.24. The first kappa shape index (κ1) is 10.9. The molecule has 0 radical (unpaired) electrons. The number of nitrogens with zero attached hydrogens (tertiary/aromatic N) is 1. The number of alkyl halides is 1. The smallest absolute Gasteiger partial charge is 0.190 e. The van der Waals surface area contributed by atoms with E-state index in [2.05, 4.69) is 22.5 Å². The van der Waals surface area contributed by atoms with Crippen molar-refractivity contribution in [3.8, 4) is 0 Å². The average molecular weight is 178 g/mol. The van der Waals surface area contributed by atoms with Gasteiger partial charge in [-0.3, -0.25) is 5.32 Å². The van der Waals surface area contributed by atoms with Crippen LogP contribution in [0.5, 0.6) is 0 Å². The molecule has 4 heteroatoms. The summed E-state index contributed by atoms with van der Waals surface area (Å²) in [5, 5.41) is 2.48. The molecule has 2 nitrogen and oxygen atoms in total. The largest absolute Gasteiger partial charge is 0.286 e. The highest BCUT2D eigenvalue weighted by Crippen LogP contribution is 2.19. The summed E-state index contributed by atoms with van der Waals surface area (Å²) < 4.78 is 16.6. The molecule has 0 aromatic rings. The Morgan fingerprint density at radius 3 is 2.09 bits per heavy atom. The standard InChI is InChI=1S/C7H15FN2S/c1-7(2,3)5(10-11)6(8)9-4/h6,9,11H,1-4H3. The summed E-state index contributed by atoms with van der Waals surface area (Å²) in [6.45, 7) is 5.68. The van der Waals surface area contributed by atoms with Crippen LogP contribution >= 0.6 is 12.8 Å². The second-order valence-electron chi connectivity index (χ2n) is 3.39. The molecule has 0 heterocycles. The summed E-state index contributed by atoms with van der Waals surface area (Å²) in [6.07, 6.45) is -1.20. The summed E-state index contributed by atoms with van der Waals surface area (Å²) >= 11 is 3.71. The van der Waals surface area contributed by atoms with E-state index in [1.54, 1.807) is 7.05 Å². The fourth-order valence-electron chi connectivity index (χ4n) is 0.718. The Bertz CT molecular complexity index is 151. The Balaban J connectivity index is 4.44. The molecule has 0 aromatic carbocycles. The highest BCUT2D eigenvalue weighted by atomic mass is 32.1. The molecule has 0 aromatic heterocycles. The molecule has 0 saturated heterocycles. The monoisotopic (exact) mass is 178 g/mol. The van der Waals surface area contributed by atoms with Gasteiger partial charge < -0.3 is 0 Å². The van der Waals surface area contributed by atoms with Crippen LogP contribution < -0.4 is 5.32 Å². The lowest BCUT2D eigenvalue weighted by atomic mass is 9.89. The number of thiol groups is 1. The maximum Gasteiger partial charge on any atom is 0.190 e. The van der Waals surface area contributed by atoms with Crippen molar-refractivity contribution >= 4 is 18.5 Å². The quantitative estimate of drug-likeness (QED) is 0.376. The molecule has 0 aliphatic heterocycles. The molecule has 0 saturated carbocycles. The van der Waals surface area contributed by atoms with Gasteiger partial charge in [0.2, 0.25) is 0 Å². The van der Waals surface area contributed by atoms with Crippen molar-refractivity contribution in [2.24, 2.45) is 9.81 Å². The lowest BCUT2D eigenvalue weighted by Gasteiger charge is -2.22. The zero-order valence-electron chi connectivity index (χ0n) is 7.35. The van der Waals surface area contributed by atoms with E-state index in [0.29, 0.717) is 5.71 Å². The predicted octanol–water partition coefficient (Wildman–Crippen LogP) is 1.83. The number of rotatable bonds is 2. The van der Waals surface area contributed by atoms with E-state index < -0.39 is 6.30 Å². The topological polar surface area (TPSA) is 24.4 Å². The molecule has 1 atom stereocenters. The number of nitrogens with one attached hydrogen (secondary N) is 1. The minimum atomic E-state index is -1.20. The van der Waals surface area contributed by atoms with Gasteiger partial charge in [-0.25, -0.2) is 8.79 Å². The molecule has 1 N–H and O–H groups in total. The molecular formula is C7H15FN2S. The van der Waals surface area contributed by atoms with Crippen LogP contribution in [0.1, 0.15) is 20.8 Å². The third kappa shape index (κ3) is 3.20. The van der Waals surface area contributed by atoms with Gasteiger partial charge in [0.15, 0.2) is 6.30 Å². The van der Waals surface area contributed by atoms with Gasteiger partial charge in [-0.2, -0.15) is 0 Å². The van der Waals surface area contributed by atoms with Crippen LogP contribution in [-0.4, -0.2) is 19.1 Å². The van der Waals surface area contributed by atoms with Gasteiger partial charge in [0.05, 0.1) is 5.71 Å². The molecule has 0 amide bonds. The number of hydrogen-bond acceptors (Lipinski definition) is 3. The zero-order chi connectivity index (χ0) is 9.07. The van der Waals surface area contributed by atoms with Crippen LogP contribution in [-0.2, 0) is 0 Å². The summed E-state index contributed by atoms with van der Waals surface area (Å²) in [5.41, 5.74) is 0.146. The van der Waals surface area contributed by atoms with Crippen molar-refractivity contribution in [3.63, 3.8) is 0 Å². The molecule has 0 rings (SSSR count). The van der Waals surface area contributed by atoms with Gasteiger partial charge >= 0.3 is 0 Å². The van der Waals surface area contributed by atoms with E-state index in [1.807, 2.05) is 20.8 Å². The van der Waals surface area contributed by atoms with Crippen LogP contribution in [0.2, 0.25) is 0 Å². The summed E-state index contributed by atoms with van der Waals surface area (Å²) in [7, 11) is 1.55. The Kier molecular flexibility index (Phi) is 4.03. The van der Waals surface area contributed by atoms with Crippen molar-refractivity contribution in [2.45, 2.75) is 27.1 Å². The first-order chi connectivity index (χ1) is 4.93. The first-order valence-corrected chi connectivity index (χ1v) is 3.87. The molecule has 0 spiro atoms. The minimum absolute atomic E-state index is 0.274. The van der Waals surface area contributed by atoms with Crippen LogP contribution in [0, 0.1) is 5.41 Å². The third-order valence-corrected chi connectivity index (χ3v) is 1.59. The molecular weight excluding hydrogens is 163 g/mol. The lowest BCUT2D eigenvalue weighted by molar-refractivity contribution is 0.354. The second kappa shape index (κ2) is 4.07. The molecule has 66 valence electrons. The van der Waals surface area contributed by atoms with E-state index in [9.17, 15) is 4.39 Å². The third-order valence-electron chi connectivity index (χ3n) is 1.37.